The number of carbonyl (C=O) groups is 3. The first-order valence-corrected chi connectivity index (χ1v) is 8.30. The molecule has 1 radical (unpaired) electrons. The number of rotatable bonds is 3. The molecule has 0 spiro atoms. The van der Waals surface area contributed by atoms with E-state index in [2.05, 4.69) is 16.0 Å². The van der Waals surface area contributed by atoms with Gasteiger partial charge in [0.2, 0.25) is 0 Å². The molecule has 0 aromatic heterocycles. The Morgan fingerprint density at radius 2 is 0.840 bits per heavy atom. The zero-order valence-electron chi connectivity index (χ0n) is 14.0. The van der Waals surface area contributed by atoms with Gasteiger partial charge in [-0.3, -0.25) is 14.4 Å². The van der Waals surface area contributed by atoms with E-state index >= 15 is 0 Å². The second kappa shape index (κ2) is 13.2. The third-order valence-electron chi connectivity index (χ3n) is 4.08. The van der Waals surface area contributed by atoms with Gasteiger partial charge in [-0.2, -0.15) is 0 Å². The summed E-state index contributed by atoms with van der Waals surface area (Å²) >= 11 is 0. The van der Waals surface area contributed by atoms with Gasteiger partial charge in [-0.05, 0) is 58.2 Å². The molecule has 0 saturated carbocycles. The summed E-state index contributed by atoms with van der Waals surface area (Å²) in [5, 5.41) is 33.6. The second-order valence-corrected chi connectivity index (χ2v) is 5.96. The summed E-state index contributed by atoms with van der Waals surface area (Å²) in [6.45, 7) is 2.57. The van der Waals surface area contributed by atoms with Crippen LogP contribution in [-0.2, 0) is 33.9 Å². The van der Waals surface area contributed by atoms with E-state index in [0.29, 0.717) is 0 Å². The van der Waals surface area contributed by atoms with Crippen LogP contribution in [0.15, 0.2) is 0 Å². The molecule has 25 heavy (non-hydrogen) atoms. The molecule has 3 heterocycles. The summed E-state index contributed by atoms with van der Waals surface area (Å²) in [4.78, 5) is 30.4. The Hall–Kier alpha value is -1.09. The van der Waals surface area contributed by atoms with Crippen LogP contribution in [0.2, 0.25) is 0 Å². The molecule has 3 fully saturated rings. The van der Waals surface area contributed by atoms with Crippen molar-refractivity contribution >= 4 is 17.9 Å². The molecule has 3 aliphatic rings. The average molecular weight is 448 g/mol. The third-order valence-corrected chi connectivity index (χ3v) is 4.08. The average Bonchev–Trinajstić information content (AvgIpc) is 3.29. The largest absolute Gasteiger partial charge is 0.480 e. The summed E-state index contributed by atoms with van der Waals surface area (Å²) in [5.74, 6) is -2.16. The first-order valence-electron chi connectivity index (χ1n) is 8.30. The van der Waals surface area contributed by atoms with Gasteiger partial charge < -0.3 is 31.3 Å². The molecule has 3 atom stereocenters. The van der Waals surface area contributed by atoms with Crippen LogP contribution in [0.4, 0.5) is 0 Å². The second-order valence-electron chi connectivity index (χ2n) is 5.96. The van der Waals surface area contributed by atoms with Gasteiger partial charge in [0, 0.05) is 19.5 Å². The predicted octanol–water partition coefficient (Wildman–Crippen LogP) is -0.533. The van der Waals surface area contributed by atoms with Crippen LogP contribution < -0.4 is 16.0 Å². The SMILES string of the molecule is O=C(O)[C@H]1CCCN1.O=C(O)[C@H]1CCCN1.O=C(O)[C@H]1CCCN1.[Rh]. The fourth-order valence-corrected chi connectivity index (χ4v) is 2.69. The number of hydrogen-bond donors (Lipinski definition) is 6. The van der Waals surface area contributed by atoms with Crippen molar-refractivity contribution in [3.8, 4) is 0 Å². The van der Waals surface area contributed by atoms with Crippen LogP contribution in [0.5, 0.6) is 0 Å². The first-order chi connectivity index (χ1) is 11.4. The van der Waals surface area contributed by atoms with Crippen LogP contribution in [-0.4, -0.2) is 71.0 Å². The van der Waals surface area contributed by atoms with Gasteiger partial charge in [-0.1, -0.05) is 0 Å². The van der Waals surface area contributed by atoms with Gasteiger partial charge in [-0.15, -0.1) is 0 Å². The van der Waals surface area contributed by atoms with E-state index in [9.17, 15) is 14.4 Å². The molecule has 147 valence electrons. The van der Waals surface area contributed by atoms with E-state index in [1.807, 2.05) is 0 Å². The van der Waals surface area contributed by atoms with E-state index in [4.69, 9.17) is 15.3 Å². The van der Waals surface area contributed by atoms with Crippen molar-refractivity contribution in [2.45, 2.75) is 56.7 Å². The minimum atomic E-state index is -0.720. The first kappa shape index (κ1) is 23.9. The summed E-state index contributed by atoms with van der Waals surface area (Å²) < 4.78 is 0. The molecular formula is C15H27N3O6Rh. The van der Waals surface area contributed by atoms with Crippen molar-refractivity contribution in [1.29, 1.82) is 0 Å². The van der Waals surface area contributed by atoms with Crippen LogP contribution in [0.1, 0.15) is 38.5 Å². The van der Waals surface area contributed by atoms with Gasteiger partial charge in [0.15, 0.2) is 0 Å². The van der Waals surface area contributed by atoms with Crippen molar-refractivity contribution in [2.75, 3.05) is 19.6 Å². The van der Waals surface area contributed by atoms with Crippen LogP contribution in [0.25, 0.3) is 0 Å². The number of hydrogen-bond acceptors (Lipinski definition) is 6. The van der Waals surface area contributed by atoms with E-state index in [1.165, 1.54) is 0 Å². The Morgan fingerprint density at radius 1 is 0.600 bits per heavy atom. The summed E-state index contributed by atoms with van der Waals surface area (Å²) in [6, 6.07) is -0.806. The van der Waals surface area contributed by atoms with Gasteiger partial charge in [0.05, 0.1) is 0 Å². The molecular weight excluding hydrogens is 421 g/mol. The van der Waals surface area contributed by atoms with E-state index in [0.717, 1.165) is 58.2 Å². The minimum Gasteiger partial charge on any atom is -0.480 e. The standard InChI is InChI=1S/3C5H9NO2.Rh/c3*7-5(8)4-2-1-3-6-4;/h3*4,6H,1-3H2,(H,7,8);/t3*4-;/m111./s1. The molecule has 3 aliphatic heterocycles. The van der Waals surface area contributed by atoms with Crippen molar-refractivity contribution in [3.63, 3.8) is 0 Å². The predicted molar refractivity (Wildman–Crippen MR) is 86.0 cm³/mol. The number of carboxylic acid groups (broad SMARTS) is 3. The third kappa shape index (κ3) is 9.84. The molecule has 3 saturated heterocycles. The quantitative estimate of drug-likeness (QED) is 0.314. The number of aliphatic carboxylic acids is 3. The molecule has 0 aromatic rings. The van der Waals surface area contributed by atoms with Crippen molar-refractivity contribution in [2.24, 2.45) is 0 Å². The normalized spacial score (nSPS) is 27.1. The maximum absolute atomic E-state index is 10.1. The van der Waals surface area contributed by atoms with E-state index in [-0.39, 0.29) is 37.6 Å². The molecule has 0 bridgehead atoms. The molecule has 3 rings (SSSR count). The number of nitrogens with one attached hydrogen (secondary N) is 3. The fourth-order valence-electron chi connectivity index (χ4n) is 2.69. The maximum atomic E-state index is 10.1. The van der Waals surface area contributed by atoms with Gasteiger partial charge in [0.25, 0.3) is 0 Å². The van der Waals surface area contributed by atoms with Crippen molar-refractivity contribution in [1.82, 2.24) is 16.0 Å². The molecule has 0 amide bonds. The zero-order chi connectivity index (χ0) is 17.9. The van der Waals surface area contributed by atoms with Crippen LogP contribution in [0.3, 0.4) is 0 Å². The van der Waals surface area contributed by atoms with Gasteiger partial charge >= 0.3 is 17.9 Å². The maximum Gasteiger partial charge on any atom is 0.320 e. The molecule has 0 aliphatic carbocycles. The zero-order valence-corrected chi connectivity index (χ0v) is 15.6. The molecule has 6 N–H and O–H groups in total. The molecule has 0 aromatic carbocycles. The topological polar surface area (TPSA) is 148 Å². The van der Waals surface area contributed by atoms with Crippen molar-refractivity contribution in [3.05, 3.63) is 0 Å². The molecule has 10 heteroatoms. The molecule has 0 unspecified atom stereocenters. The Bertz CT molecular complexity index is 358. The van der Waals surface area contributed by atoms with E-state index < -0.39 is 17.9 Å². The van der Waals surface area contributed by atoms with E-state index in [1.54, 1.807) is 0 Å². The van der Waals surface area contributed by atoms with Gasteiger partial charge in [-0.25, -0.2) is 0 Å². The Kier molecular flexibility index (Phi) is 12.6. The van der Waals surface area contributed by atoms with Crippen LogP contribution >= 0.6 is 0 Å². The monoisotopic (exact) mass is 448 g/mol. The smallest absolute Gasteiger partial charge is 0.320 e. The summed E-state index contributed by atoms with van der Waals surface area (Å²) in [5.41, 5.74) is 0. The Morgan fingerprint density at radius 3 is 0.920 bits per heavy atom. The fraction of sp³-hybridized carbons (Fsp3) is 0.800. The van der Waals surface area contributed by atoms with Gasteiger partial charge in [0.1, 0.15) is 18.1 Å². The summed E-state index contributed by atoms with van der Waals surface area (Å²) in [6.07, 6.45) is 5.35. The van der Waals surface area contributed by atoms with Crippen molar-refractivity contribution < 1.29 is 49.2 Å². The summed E-state index contributed by atoms with van der Waals surface area (Å²) in [7, 11) is 0. The van der Waals surface area contributed by atoms with Crippen LogP contribution in [0, 0.1) is 0 Å². The Balaban J connectivity index is 0.000000339. The molecule has 9 nitrogen and oxygen atoms in total. The number of carboxylic acids is 3. The Labute approximate surface area is 159 Å². The minimum absolute atomic E-state index is 0.